The molecule has 0 aliphatic carbocycles. The average molecular weight is 243 g/mol. The quantitative estimate of drug-likeness (QED) is 0.851. The van der Waals surface area contributed by atoms with Crippen molar-refractivity contribution in [1.29, 1.82) is 0 Å². The van der Waals surface area contributed by atoms with E-state index < -0.39 is 6.10 Å². The normalized spacial score (nSPS) is 12.9. The van der Waals surface area contributed by atoms with Gasteiger partial charge in [0.05, 0.1) is 13.2 Å². The number of halogens is 1. The molecule has 0 aliphatic rings. The van der Waals surface area contributed by atoms with E-state index >= 15 is 0 Å². The number of aliphatic hydroxyl groups is 1. The zero-order valence-corrected chi connectivity index (χ0v) is 10.8. The highest BCUT2D eigenvalue weighted by Crippen LogP contribution is 2.34. The third-order valence-corrected chi connectivity index (χ3v) is 3.24. The van der Waals surface area contributed by atoms with E-state index in [1.165, 1.54) is 0 Å². The first kappa shape index (κ1) is 13.3. The van der Waals surface area contributed by atoms with Crippen molar-refractivity contribution in [2.75, 3.05) is 7.11 Å². The zero-order valence-electron chi connectivity index (χ0n) is 10.0. The van der Waals surface area contributed by atoms with Gasteiger partial charge in [0.25, 0.3) is 0 Å². The molecule has 1 aromatic carbocycles. The van der Waals surface area contributed by atoms with E-state index in [9.17, 15) is 5.11 Å². The topological polar surface area (TPSA) is 29.5 Å². The van der Waals surface area contributed by atoms with E-state index in [2.05, 4.69) is 13.8 Å². The average Bonchev–Trinajstić information content (AvgIpc) is 2.30. The van der Waals surface area contributed by atoms with Gasteiger partial charge in [-0.15, -0.1) is 0 Å². The molecule has 1 atom stereocenters. The predicted molar refractivity (Wildman–Crippen MR) is 67.0 cm³/mol. The minimum absolute atomic E-state index is 0.243. The molecule has 1 unspecified atom stereocenters. The number of benzene rings is 1. The molecule has 0 heterocycles. The third-order valence-electron chi connectivity index (χ3n) is 3.01. The van der Waals surface area contributed by atoms with Gasteiger partial charge in [-0.3, -0.25) is 0 Å². The summed E-state index contributed by atoms with van der Waals surface area (Å²) in [6.07, 6.45) is 1.37. The Bertz CT molecular complexity index is 335. The highest BCUT2D eigenvalue weighted by atomic mass is 35.5. The van der Waals surface area contributed by atoms with Crippen molar-refractivity contribution < 1.29 is 9.84 Å². The summed E-state index contributed by atoms with van der Waals surface area (Å²) in [5, 5.41) is 10.9. The van der Waals surface area contributed by atoms with Gasteiger partial charge in [0.15, 0.2) is 0 Å². The summed E-state index contributed by atoms with van der Waals surface area (Å²) in [6, 6.07) is 5.34. The number of ether oxygens (including phenoxy) is 1. The van der Waals surface area contributed by atoms with Gasteiger partial charge in [-0.05, 0) is 24.1 Å². The van der Waals surface area contributed by atoms with E-state index in [1.807, 2.05) is 0 Å². The second-order valence-electron chi connectivity index (χ2n) is 3.91. The first-order chi connectivity index (χ1) is 7.63. The number of rotatable bonds is 5. The second kappa shape index (κ2) is 6.12. The highest BCUT2D eigenvalue weighted by Gasteiger charge is 2.21. The van der Waals surface area contributed by atoms with Gasteiger partial charge in [0.1, 0.15) is 5.75 Å². The zero-order chi connectivity index (χ0) is 12.1. The largest absolute Gasteiger partial charge is 0.496 e. The summed E-state index contributed by atoms with van der Waals surface area (Å²) in [5.41, 5.74) is 0.781. The molecule has 90 valence electrons. The second-order valence-corrected chi connectivity index (χ2v) is 4.34. The SMILES string of the molecule is CCC(CC)C(O)c1cc(Cl)ccc1OC. The van der Waals surface area contributed by atoms with E-state index in [-0.39, 0.29) is 5.92 Å². The van der Waals surface area contributed by atoms with E-state index in [0.717, 1.165) is 18.4 Å². The van der Waals surface area contributed by atoms with Crippen LogP contribution in [-0.2, 0) is 0 Å². The lowest BCUT2D eigenvalue weighted by atomic mass is 9.91. The fraction of sp³-hybridized carbons (Fsp3) is 0.538. The molecule has 3 heteroatoms. The number of hydrogen-bond donors (Lipinski definition) is 1. The van der Waals surface area contributed by atoms with Crippen molar-refractivity contribution in [2.24, 2.45) is 5.92 Å². The van der Waals surface area contributed by atoms with Crippen molar-refractivity contribution in [1.82, 2.24) is 0 Å². The van der Waals surface area contributed by atoms with Crippen LogP contribution < -0.4 is 4.74 Å². The van der Waals surface area contributed by atoms with Gasteiger partial charge in [-0.2, -0.15) is 0 Å². The van der Waals surface area contributed by atoms with Gasteiger partial charge in [-0.25, -0.2) is 0 Å². The molecule has 0 bridgehead atoms. The van der Waals surface area contributed by atoms with E-state index in [4.69, 9.17) is 16.3 Å². The molecule has 0 aliphatic heterocycles. The molecule has 16 heavy (non-hydrogen) atoms. The summed E-state index contributed by atoms with van der Waals surface area (Å²) < 4.78 is 5.24. The van der Waals surface area contributed by atoms with Crippen molar-refractivity contribution in [2.45, 2.75) is 32.8 Å². The lowest BCUT2D eigenvalue weighted by Crippen LogP contribution is -2.12. The molecule has 0 saturated carbocycles. The summed E-state index contributed by atoms with van der Waals surface area (Å²) in [7, 11) is 1.60. The van der Waals surface area contributed by atoms with Gasteiger partial charge in [-0.1, -0.05) is 38.3 Å². The summed E-state index contributed by atoms with van der Waals surface area (Å²) in [5.74, 6) is 0.941. The smallest absolute Gasteiger partial charge is 0.124 e. The van der Waals surface area contributed by atoms with Crippen LogP contribution in [0.1, 0.15) is 38.4 Å². The summed E-state index contributed by atoms with van der Waals surface area (Å²) in [4.78, 5) is 0. The van der Waals surface area contributed by atoms with Gasteiger partial charge >= 0.3 is 0 Å². The van der Waals surface area contributed by atoms with Crippen LogP contribution in [0.3, 0.4) is 0 Å². The minimum Gasteiger partial charge on any atom is -0.496 e. The fourth-order valence-corrected chi connectivity index (χ4v) is 2.11. The van der Waals surface area contributed by atoms with Crippen molar-refractivity contribution in [3.05, 3.63) is 28.8 Å². The van der Waals surface area contributed by atoms with Gasteiger partial charge in [0.2, 0.25) is 0 Å². The Morgan fingerprint density at radius 2 is 1.94 bits per heavy atom. The lowest BCUT2D eigenvalue weighted by Gasteiger charge is -2.22. The monoisotopic (exact) mass is 242 g/mol. The van der Waals surface area contributed by atoms with Crippen LogP contribution in [0.4, 0.5) is 0 Å². The van der Waals surface area contributed by atoms with E-state index in [1.54, 1.807) is 25.3 Å². The standard InChI is InChI=1S/C13H19ClO2/c1-4-9(5-2)13(15)11-8-10(14)6-7-12(11)16-3/h6-9,13,15H,4-5H2,1-3H3. The van der Waals surface area contributed by atoms with Gasteiger partial charge < -0.3 is 9.84 Å². The molecule has 0 saturated heterocycles. The van der Waals surface area contributed by atoms with Crippen LogP contribution >= 0.6 is 11.6 Å². The molecule has 0 radical (unpaired) electrons. The van der Waals surface area contributed by atoms with Crippen LogP contribution in [0.2, 0.25) is 5.02 Å². The van der Waals surface area contributed by atoms with Crippen LogP contribution in [0, 0.1) is 5.92 Å². The highest BCUT2D eigenvalue weighted by molar-refractivity contribution is 6.30. The molecular weight excluding hydrogens is 224 g/mol. The number of aliphatic hydroxyl groups excluding tert-OH is 1. The predicted octanol–water partition coefficient (Wildman–Crippen LogP) is 3.82. The number of hydrogen-bond acceptors (Lipinski definition) is 2. The molecule has 0 spiro atoms. The Kier molecular flexibility index (Phi) is 5.10. The molecule has 2 nitrogen and oxygen atoms in total. The molecule has 1 aromatic rings. The Morgan fingerprint density at radius 3 is 2.44 bits per heavy atom. The van der Waals surface area contributed by atoms with Crippen molar-refractivity contribution >= 4 is 11.6 Å². The fourth-order valence-electron chi connectivity index (χ4n) is 1.93. The summed E-state index contributed by atoms with van der Waals surface area (Å²) >= 11 is 5.94. The van der Waals surface area contributed by atoms with Crippen LogP contribution in [0.5, 0.6) is 5.75 Å². The number of methoxy groups -OCH3 is 1. The Morgan fingerprint density at radius 1 is 1.31 bits per heavy atom. The molecule has 1 N–H and O–H groups in total. The molecule has 0 aromatic heterocycles. The van der Waals surface area contributed by atoms with Crippen LogP contribution in [-0.4, -0.2) is 12.2 Å². The Labute approximate surface area is 102 Å². The van der Waals surface area contributed by atoms with Crippen molar-refractivity contribution in [3.8, 4) is 5.75 Å². The first-order valence-corrected chi connectivity index (χ1v) is 6.03. The Hall–Kier alpha value is -0.730. The maximum Gasteiger partial charge on any atom is 0.124 e. The minimum atomic E-state index is -0.511. The molecular formula is C13H19ClO2. The molecule has 1 rings (SSSR count). The maximum atomic E-state index is 10.3. The van der Waals surface area contributed by atoms with E-state index in [0.29, 0.717) is 10.8 Å². The van der Waals surface area contributed by atoms with Crippen molar-refractivity contribution in [3.63, 3.8) is 0 Å². The summed E-state index contributed by atoms with van der Waals surface area (Å²) in [6.45, 7) is 4.16. The lowest BCUT2D eigenvalue weighted by molar-refractivity contribution is 0.100. The van der Waals surface area contributed by atoms with Gasteiger partial charge in [0, 0.05) is 10.6 Å². The Balaban J connectivity index is 3.04. The first-order valence-electron chi connectivity index (χ1n) is 5.65. The molecule has 0 fully saturated rings. The van der Waals surface area contributed by atoms with Crippen LogP contribution in [0.25, 0.3) is 0 Å². The van der Waals surface area contributed by atoms with Crippen LogP contribution in [0.15, 0.2) is 18.2 Å². The third kappa shape index (κ3) is 2.89. The maximum absolute atomic E-state index is 10.3. The molecule has 0 amide bonds.